The lowest BCUT2D eigenvalue weighted by Gasteiger charge is -2.15. The van der Waals surface area contributed by atoms with Crippen LogP contribution in [0.15, 0.2) is 53.8 Å². The molecule has 1 aliphatic carbocycles. The molecule has 0 N–H and O–H groups in total. The smallest absolute Gasteiger partial charge is 0.269 e. The Hall–Kier alpha value is -2.76. The maximum absolute atomic E-state index is 13.3. The second-order valence-corrected chi connectivity index (χ2v) is 12.2. The van der Waals surface area contributed by atoms with Gasteiger partial charge in [-0.05, 0) is 43.9 Å². The van der Waals surface area contributed by atoms with Crippen molar-refractivity contribution in [2.45, 2.75) is 43.6 Å². The first-order valence-corrected chi connectivity index (χ1v) is 13.8. The normalized spacial score (nSPS) is 21.8. The SMILES string of the molecule is Cc1ccc(S(=O)(=O)n2ccc3c2ncc2ncc([C@H]4C[C@@H](OS(C)(=O)=O)C[C@H]4C)n23)cc1. The van der Waals surface area contributed by atoms with Gasteiger partial charge in [0.05, 0.1) is 29.0 Å². The zero-order valence-electron chi connectivity index (χ0n) is 18.4. The van der Waals surface area contributed by atoms with Crippen LogP contribution < -0.4 is 0 Å². The Bertz CT molecular complexity index is 1570. The van der Waals surface area contributed by atoms with E-state index in [-0.39, 0.29) is 16.7 Å². The molecule has 1 saturated carbocycles. The van der Waals surface area contributed by atoms with E-state index < -0.39 is 26.2 Å². The number of nitrogens with zero attached hydrogens (tertiary/aromatic N) is 4. The van der Waals surface area contributed by atoms with E-state index in [9.17, 15) is 16.8 Å². The third-order valence-electron chi connectivity index (χ3n) is 6.27. The number of benzene rings is 1. The Morgan fingerprint density at radius 2 is 1.73 bits per heavy atom. The Labute approximate surface area is 192 Å². The van der Waals surface area contributed by atoms with Gasteiger partial charge >= 0.3 is 0 Å². The third-order valence-corrected chi connectivity index (χ3v) is 8.57. The van der Waals surface area contributed by atoms with Gasteiger partial charge in [-0.25, -0.2) is 22.4 Å². The van der Waals surface area contributed by atoms with Gasteiger partial charge in [0.2, 0.25) is 0 Å². The lowest BCUT2D eigenvalue weighted by Crippen LogP contribution is -2.14. The Balaban J connectivity index is 1.60. The van der Waals surface area contributed by atoms with Gasteiger partial charge in [-0.1, -0.05) is 24.6 Å². The van der Waals surface area contributed by atoms with Gasteiger partial charge in [-0.15, -0.1) is 0 Å². The van der Waals surface area contributed by atoms with E-state index in [0.717, 1.165) is 17.5 Å². The van der Waals surface area contributed by atoms with Crippen LogP contribution in [0.25, 0.3) is 16.8 Å². The first-order chi connectivity index (χ1) is 15.5. The van der Waals surface area contributed by atoms with E-state index in [2.05, 4.69) is 16.9 Å². The van der Waals surface area contributed by atoms with E-state index in [4.69, 9.17) is 4.18 Å². The maximum atomic E-state index is 13.3. The summed E-state index contributed by atoms with van der Waals surface area (Å²) in [4.78, 5) is 9.05. The van der Waals surface area contributed by atoms with Crippen molar-refractivity contribution in [1.29, 1.82) is 0 Å². The van der Waals surface area contributed by atoms with E-state index >= 15 is 0 Å². The summed E-state index contributed by atoms with van der Waals surface area (Å²) in [5.41, 5.74) is 3.38. The number of imidazole rings is 1. The minimum atomic E-state index is -3.83. The monoisotopic (exact) mass is 488 g/mol. The number of hydrogen-bond donors (Lipinski definition) is 0. The van der Waals surface area contributed by atoms with Crippen molar-refractivity contribution in [2.75, 3.05) is 6.26 Å². The molecule has 3 atom stereocenters. The predicted molar refractivity (Wildman–Crippen MR) is 123 cm³/mol. The van der Waals surface area contributed by atoms with Gasteiger partial charge in [0.1, 0.15) is 0 Å². The molecule has 11 heteroatoms. The first kappa shape index (κ1) is 22.1. The molecular formula is C22H24N4O5S2. The van der Waals surface area contributed by atoms with Crippen molar-refractivity contribution < 1.29 is 21.0 Å². The maximum Gasteiger partial charge on any atom is 0.269 e. The molecule has 0 radical (unpaired) electrons. The fourth-order valence-electron chi connectivity index (χ4n) is 4.75. The second-order valence-electron chi connectivity index (χ2n) is 8.75. The first-order valence-electron chi connectivity index (χ1n) is 10.6. The molecule has 0 amide bonds. The van der Waals surface area contributed by atoms with E-state index in [1.54, 1.807) is 42.7 Å². The van der Waals surface area contributed by atoms with Crippen LogP contribution in [0, 0.1) is 12.8 Å². The predicted octanol–water partition coefficient (Wildman–Crippen LogP) is 3.09. The molecule has 0 aliphatic heterocycles. The largest absolute Gasteiger partial charge is 0.292 e. The fourth-order valence-corrected chi connectivity index (χ4v) is 6.70. The summed E-state index contributed by atoms with van der Waals surface area (Å²) >= 11 is 0. The molecule has 1 fully saturated rings. The number of aryl methyl sites for hydroxylation is 1. The van der Waals surface area contributed by atoms with Gasteiger partial charge in [-0.3, -0.25) is 8.58 Å². The Morgan fingerprint density at radius 3 is 2.42 bits per heavy atom. The molecule has 0 unspecified atom stereocenters. The Morgan fingerprint density at radius 1 is 1.00 bits per heavy atom. The molecular weight excluding hydrogens is 464 g/mol. The summed E-state index contributed by atoms with van der Waals surface area (Å²) in [5, 5.41) is 0. The molecule has 1 aromatic carbocycles. The van der Waals surface area contributed by atoms with Gasteiger partial charge < -0.3 is 0 Å². The summed E-state index contributed by atoms with van der Waals surface area (Å²) in [6.07, 6.45) is 6.63. The van der Waals surface area contributed by atoms with Crippen molar-refractivity contribution in [3.63, 3.8) is 0 Å². The number of fused-ring (bicyclic) bond motifs is 3. The van der Waals surface area contributed by atoms with E-state index in [0.29, 0.717) is 29.7 Å². The summed E-state index contributed by atoms with van der Waals surface area (Å²) in [6.45, 7) is 3.96. The number of rotatable bonds is 5. The molecule has 174 valence electrons. The van der Waals surface area contributed by atoms with Gasteiger partial charge in [-0.2, -0.15) is 8.42 Å². The highest BCUT2D eigenvalue weighted by Gasteiger charge is 2.37. The van der Waals surface area contributed by atoms with Gasteiger partial charge in [0.25, 0.3) is 20.1 Å². The average Bonchev–Trinajstić information content (AvgIpc) is 3.42. The summed E-state index contributed by atoms with van der Waals surface area (Å²) in [7, 11) is -7.37. The molecule has 4 aromatic rings. The molecule has 3 heterocycles. The number of aromatic nitrogens is 4. The average molecular weight is 489 g/mol. The van der Waals surface area contributed by atoms with Gasteiger partial charge in [0.15, 0.2) is 11.3 Å². The zero-order chi connectivity index (χ0) is 23.5. The number of hydrogen-bond acceptors (Lipinski definition) is 7. The molecule has 33 heavy (non-hydrogen) atoms. The summed E-state index contributed by atoms with van der Waals surface area (Å²) in [5.74, 6) is 0.174. The van der Waals surface area contributed by atoms with Crippen LogP contribution in [0.4, 0.5) is 0 Å². The van der Waals surface area contributed by atoms with Crippen LogP contribution in [-0.4, -0.2) is 47.5 Å². The molecule has 5 rings (SSSR count). The summed E-state index contributed by atoms with van der Waals surface area (Å²) in [6, 6.07) is 8.40. The lowest BCUT2D eigenvalue weighted by atomic mass is 9.95. The van der Waals surface area contributed by atoms with Crippen LogP contribution in [0.3, 0.4) is 0 Å². The highest BCUT2D eigenvalue weighted by molar-refractivity contribution is 7.90. The van der Waals surface area contributed by atoms with Crippen LogP contribution in [0.5, 0.6) is 0 Å². The second kappa shape index (κ2) is 7.64. The lowest BCUT2D eigenvalue weighted by molar-refractivity contribution is 0.214. The van der Waals surface area contributed by atoms with Crippen molar-refractivity contribution in [1.82, 2.24) is 18.3 Å². The highest BCUT2D eigenvalue weighted by Crippen LogP contribution is 2.42. The zero-order valence-corrected chi connectivity index (χ0v) is 20.0. The van der Waals surface area contributed by atoms with Crippen LogP contribution in [-0.2, 0) is 24.3 Å². The molecule has 3 aromatic heterocycles. The highest BCUT2D eigenvalue weighted by atomic mass is 32.2. The van der Waals surface area contributed by atoms with Crippen LogP contribution >= 0.6 is 0 Å². The topological polar surface area (TPSA) is 113 Å². The Kier molecular flexibility index (Phi) is 5.11. The van der Waals surface area contributed by atoms with Crippen molar-refractivity contribution in [2.24, 2.45) is 5.92 Å². The standard InChI is InChI=1S/C22H24N4O5S2/c1-14-4-6-17(7-5-14)33(29,30)25-9-8-19-22(25)24-13-21-23-12-20(26(19)21)18-11-16(10-15(18)2)31-32(3,27)28/h4-9,12-13,15-16,18H,10-11H2,1-3H3/t15-,16+,18+/m1/s1. The van der Waals surface area contributed by atoms with Crippen LogP contribution in [0.1, 0.15) is 36.9 Å². The minimum absolute atomic E-state index is 0.00871. The van der Waals surface area contributed by atoms with Crippen molar-refractivity contribution >= 4 is 37.0 Å². The molecule has 0 bridgehead atoms. The van der Waals surface area contributed by atoms with Gasteiger partial charge in [0, 0.05) is 24.0 Å². The van der Waals surface area contributed by atoms with E-state index in [1.807, 2.05) is 11.3 Å². The van der Waals surface area contributed by atoms with Crippen molar-refractivity contribution in [3.8, 4) is 0 Å². The van der Waals surface area contributed by atoms with E-state index in [1.165, 1.54) is 10.2 Å². The molecule has 1 aliphatic rings. The molecule has 9 nitrogen and oxygen atoms in total. The quantitative estimate of drug-likeness (QED) is 0.397. The minimum Gasteiger partial charge on any atom is -0.292 e. The molecule has 0 spiro atoms. The van der Waals surface area contributed by atoms with Crippen molar-refractivity contribution in [3.05, 3.63) is 60.2 Å². The fraction of sp³-hybridized carbons (Fsp3) is 0.364. The summed E-state index contributed by atoms with van der Waals surface area (Å²) < 4.78 is 58.1. The molecule has 0 saturated heterocycles. The third kappa shape index (κ3) is 3.83. The van der Waals surface area contributed by atoms with Crippen LogP contribution in [0.2, 0.25) is 0 Å².